The Bertz CT molecular complexity index is 101. The van der Waals surface area contributed by atoms with Crippen LogP contribution in [-0.4, -0.2) is 0 Å². The van der Waals surface area contributed by atoms with Gasteiger partial charge in [0.05, 0.1) is 0 Å². The van der Waals surface area contributed by atoms with E-state index in [9.17, 15) is 0 Å². The number of allylic oxidation sites excluding steroid dienone is 2. The largest absolute Gasteiger partial charge is 0.0853 e. The highest BCUT2D eigenvalue weighted by Gasteiger charge is 2.10. The quantitative estimate of drug-likeness (QED) is 0.472. The molecule has 0 amide bonds. The fourth-order valence-electron chi connectivity index (χ4n) is 1.30. The fraction of sp³-hybridized carbons (Fsp3) is 0.778. The minimum absolute atomic E-state index is 0. The summed E-state index contributed by atoms with van der Waals surface area (Å²) in [5, 5.41) is 0. The normalized spacial score (nSPS) is 25.1. The van der Waals surface area contributed by atoms with Crippen molar-refractivity contribution in [1.82, 2.24) is 0 Å². The van der Waals surface area contributed by atoms with Crippen molar-refractivity contribution in [1.29, 1.82) is 0 Å². The first-order valence-corrected chi connectivity index (χ1v) is 3.48. The van der Waals surface area contributed by atoms with Gasteiger partial charge >= 0.3 is 0 Å². The van der Waals surface area contributed by atoms with Gasteiger partial charge in [0.2, 0.25) is 0 Å². The van der Waals surface area contributed by atoms with Crippen LogP contribution in [0.15, 0.2) is 11.6 Å². The van der Waals surface area contributed by atoms with E-state index in [0.29, 0.717) is 0 Å². The Balaban J connectivity index is 0.000000640. The van der Waals surface area contributed by atoms with E-state index in [4.69, 9.17) is 0 Å². The molecule has 1 aliphatic carbocycles. The summed E-state index contributed by atoms with van der Waals surface area (Å²) in [6, 6.07) is 0. The summed E-state index contributed by atoms with van der Waals surface area (Å²) in [7, 11) is 0. The van der Waals surface area contributed by atoms with E-state index in [1.165, 1.54) is 19.3 Å². The van der Waals surface area contributed by atoms with Crippen LogP contribution in [0.1, 0.15) is 40.5 Å². The zero-order chi connectivity index (χ0) is 5.98. The lowest BCUT2D eigenvalue weighted by Crippen LogP contribution is -1.89. The Morgan fingerprint density at radius 3 is 2.56 bits per heavy atom. The van der Waals surface area contributed by atoms with E-state index in [1.54, 1.807) is 5.57 Å². The summed E-state index contributed by atoms with van der Waals surface area (Å²) >= 11 is 0. The molecule has 0 N–H and O–H groups in total. The molecular formula is C9H18. The number of hydrogen-bond donors (Lipinski definition) is 0. The van der Waals surface area contributed by atoms with Gasteiger partial charge in [-0.2, -0.15) is 0 Å². The smallest absolute Gasteiger partial charge is 0.0292 e. The summed E-state index contributed by atoms with van der Waals surface area (Å²) in [5.74, 6) is 0.981. The molecule has 0 spiro atoms. The van der Waals surface area contributed by atoms with Gasteiger partial charge in [-0.25, -0.2) is 0 Å². The lowest BCUT2D eigenvalue weighted by atomic mass is 10.0. The molecule has 1 aliphatic rings. The number of rotatable bonds is 1. The average molecular weight is 126 g/mol. The van der Waals surface area contributed by atoms with Crippen LogP contribution in [-0.2, 0) is 0 Å². The maximum absolute atomic E-state index is 2.37. The molecule has 0 heteroatoms. The van der Waals surface area contributed by atoms with Crippen LogP contribution < -0.4 is 0 Å². The highest BCUT2D eigenvalue weighted by atomic mass is 14.2. The molecule has 1 unspecified atom stereocenters. The van der Waals surface area contributed by atoms with Crippen LogP contribution in [0.2, 0.25) is 0 Å². The molecule has 0 aromatic heterocycles. The Labute approximate surface area is 59.0 Å². The first-order valence-electron chi connectivity index (χ1n) is 3.48. The van der Waals surface area contributed by atoms with Crippen molar-refractivity contribution in [3.05, 3.63) is 11.6 Å². The van der Waals surface area contributed by atoms with Gasteiger partial charge in [0.25, 0.3) is 0 Å². The molecule has 1 rings (SSSR count). The molecule has 0 fully saturated rings. The van der Waals surface area contributed by atoms with Gasteiger partial charge in [0.15, 0.2) is 0 Å². The Morgan fingerprint density at radius 2 is 2.33 bits per heavy atom. The standard InChI is InChI=1S/C8H14.CH4/c1-3-8-5-4-7(2)6-8;/h4,8H,3,5-6H2,1-2H3;1H4. The van der Waals surface area contributed by atoms with Gasteiger partial charge in [0.1, 0.15) is 0 Å². The van der Waals surface area contributed by atoms with E-state index in [0.717, 1.165) is 5.92 Å². The van der Waals surface area contributed by atoms with E-state index in [2.05, 4.69) is 19.9 Å². The lowest BCUT2D eigenvalue weighted by Gasteiger charge is -2.02. The summed E-state index contributed by atoms with van der Waals surface area (Å²) in [6.45, 7) is 4.51. The van der Waals surface area contributed by atoms with E-state index >= 15 is 0 Å². The molecule has 0 nitrogen and oxygen atoms in total. The summed E-state index contributed by atoms with van der Waals surface area (Å²) < 4.78 is 0. The molecule has 0 aliphatic heterocycles. The van der Waals surface area contributed by atoms with E-state index < -0.39 is 0 Å². The summed E-state index contributed by atoms with van der Waals surface area (Å²) in [4.78, 5) is 0. The van der Waals surface area contributed by atoms with Crippen molar-refractivity contribution in [2.75, 3.05) is 0 Å². The van der Waals surface area contributed by atoms with Crippen molar-refractivity contribution in [3.8, 4) is 0 Å². The van der Waals surface area contributed by atoms with Crippen molar-refractivity contribution in [2.24, 2.45) is 5.92 Å². The third-order valence-corrected chi connectivity index (χ3v) is 1.99. The second-order valence-electron chi connectivity index (χ2n) is 2.76. The van der Waals surface area contributed by atoms with Crippen molar-refractivity contribution >= 4 is 0 Å². The highest BCUT2D eigenvalue weighted by molar-refractivity contribution is 5.06. The topological polar surface area (TPSA) is 0 Å². The zero-order valence-electron chi connectivity index (χ0n) is 5.78. The molecule has 0 bridgehead atoms. The average Bonchev–Trinajstić information content (AvgIpc) is 2.14. The SMILES string of the molecule is C.CCC1CC=C(C)C1. The van der Waals surface area contributed by atoms with Gasteiger partial charge in [-0.05, 0) is 25.7 Å². The molecule has 1 atom stereocenters. The van der Waals surface area contributed by atoms with Gasteiger partial charge in [0, 0.05) is 0 Å². The van der Waals surface area contributed by atoms with Crippen LogP contribution in [0.5, 0.6) is 0 Å². The lowest BCUT2D eigenvalue weighted by molar-refractivity contribution is 0.543. The van der Waals surface area contributed by atoms with Crippen molar-refractivity contribution < 1.29 is 0 Å². The monoisotopic (exact) mass is 126 g/mol. The van der Waals surface area contributed by atoms with Crippen molar-refractivity contribution in [3.63, 3.8) is 0 Å². The summed E-state index contributed by atoms with van der Waals surface area (Å²) in [5.41, 5.74) is 1.59. The maximum atomic E-state index is 2.37. The van der Waals surface area contributed by atoms with Crippen LogP contribution in [0.3, 0.4) is 0 Å². The van der Waals surface area contributed by atoms with Crippen LogP contribution in [0, 0.1) is 5.92 Å². The predicted molar refractivity (Wildman–Crippen MR) is 43.5 cm³/mol. The second-order valence-corrected chi connectivity index (χ2v) is 2.76. The van der Waals surface area contributed by atoms with Crippen LogP contribution in [0.4, 0.5) is 0 Å². The van der Waals surface area contributed by atoms with Gasteiger partial charge in [-0.1, -0.05) is 32.4 Å². The highest BCUT2D eigenvalue weighted by Crippen LogP contribution is 2.26. The molecule has 0 saturated carbocycles. The van der Waals surface area contributed by atoms with Gasteiger partial charge < -0.3 is 0 Å². The minimum atomic E-state index is 0. The molecule has 0 heterocycles. The molecule has 0 saturated heterocycles. The zero-order valence-corrected chi connectivity index (χ0v) is 5.78. The molecule has 0 aromatic rings. The molecule has 0 radical (unpaired) electrons. The maximum Gasteiger partial charge on any atom is -0.0292 e. The van der Waals surface area contributed by atoms with Gasteiger partial charge in [-0.3, -0.25) is 0 Å². The third-order valence-electron chi connectivity index (χ3n) is 1.99. The van der Waals surface area contributed by atoms with Crippen LogP contribution >= 0.6 is 0 Å². The minimum Gasteiger partial charge on any atom is -0.0853 e. The first-order chi connectivity index (χ1) is 3.83. The second kappa shape index (κ2) is 3.71. The third kappa shape index (κ3) is 2.21. The molecule has 0 aromatic carbocycles. The fourth-order valence-corrected chi connectivity index (χ4v) is 1.30. The Kier molecular flexibility index (Phi) is 3.60. The number of hydrogen-bond acceptors (Lipinski definition) is 0. The molecule has 9 heavy (non-hydrogen) atoms. The first kappa shape index (κ1) is 8.74. The molecule has 54 valence electrons. The Morgan fingerprint density at radius 1 is 1.67 bits per heavy atom. The van der Waals surface area contributed by atoms with E-state index in [1.807, 2.05) is 0 Å². The summed E-state index contributed by atoms with van der Waals surface area (Å²) in [6.07, 6.45) is 6.42. The van der Waals surface area contributed by atoms with E-state index in [-0.39, 0.29) is 7.43 Å². The Hall–Kier alpha value is -0.260. The predicted octanol–water partition coefficient (Wildman–Crippen LogP) is 3.39. The van der Waals surface area contributed by atoms with Gasteiger partial charge in [-0.15, -0.1) is 0 Å². The van der Waals surface area contributed by atoms with Crippen molar-refractivity contribution in [2.45, 2.75) is 40.5 Å². The molecular weight excluding hydrogens is 108 g/mol. The van der Waals surface area contributed by atoms with Crippen LogP contribution in [0.25, 0.3) is 0 Å².